The van der Waals surface area contributed by atoms with Crippen LogP contribution in [0, 0.1) is 5.92 Å². The first-order valence-electron chi connectivity index (χ1n) is 10.6. The van der Waals surface area contributed by atoms with Gasteiger partial charge in [-0.1, -0.05) is 6.42 Å². The van der Waals surface area contributed by atoms with Crippen LogP contribution in [0.15, 0.2) is 4.99 Å². The zero-order chi connectivity index (χ0) is 17.7. The topological polar surface area (TPSA) is 42.9 Å². The van der Waals surface area contributed by atoms with Crippen LogP contribution in [0.1, 0.15) is 59.3 Å². The van der Waals surface area contributed by atoms with Gasteiger partial charge < -0.3 is 15.5 Å². The van der Waals surface area contributed by atoms with Crippen molar-refractivity contribution in [1.82, 2.24) is 20.4 Å². The molecular weight excluding hydrogens is 437 g/mol. The van der Waals surface area contributed by atoms with Crippen molar-refractivity contribution in [2.75, 3.05) is 45.8 Å². The van der Waals surface area contributed by atoms with Gasteiger partial charge in [-0.15, -0.1) is 24.0 Å². The second-order valence-electron chi connectivity index (χ2n) is 8.82. The van der Waals surface area contributed by atoms with Crippen LogP contribution in [0.3, 0.4) is 0 Å². The van der Waals surface area contributed by atoms with Crippen molar-refractivity contribution < 1.29 is 0 Å². The molecule has 1 aliphatic carbocycles. The van der Waals surface area contributed by atoms with Crippen LogP contribution >= 0.6 is 24.0 Å². The quantitative estimate of drug-likeness (QED) is 0.336. The lowest BCUT2D eigenvalue weighted by Gasteiger charge is -2.40. The SMILES string of the molecule is CCNC(=NCC(C)(C)N1CCCCC1)NCC1CCN(C2CC2)C1.I. The van der Waals surface area contributed by atoms with Gasteiger partial charge in [-0.2, -0.15) is 0 Å². The predicted octanol–water partition coefficient (Wildman–Crippen LogP) is 2.91. The molecule has 5 nitrogen and oxygen atoms in total. The molecule has 152 valence electrons. The zero-order valence-corrected chi connectivity index (χ0v) is 19.4. The van der Waals surface area contributed by atoms with E-state index in [9.17, 15) is 0 Å². The van der Waals surface area contributed by atoms with E-state index in [1.54, 1.807) is 0 Å². The Hall–Kier alpha value is -0.0800. The Labute approximate surface area is 177 Å². The normalized spacial score (nSPS) is 25.8. The number of guanidine groups is 1. The molecule has 3 aliphatic rings. The summed E-state index contributed by atoms with van der Waals surface area (Å²) in [5.74, 6) is 1.78. The van der Waals surface area contributed by atoms with E-state index in [0.29, 0.717) is 0 Å². The third-order valence-corrected chi connectivity index (χ3v) is 6.12. The maximum absolute atomic E-state index is 4.93. The van der Waals surface area contributed by atoms with E-state index in [4.69, 9.17) is 4.99 Å². The van der Waals surface area contributed by atoms with Gasteiger partial charge >= 0.3 is 0 Å². The highest BCUT2D eigenvalue weighted by atomic mass is 127. The number of likely N-dealkylation sites (tertiary alicyclic amines) is 2. The molecule has 26 heavy (non-hydrogen) atoms. The number of halogens is 1. The smallest absolute Gasteiger partial charge is 0.191 e. The summed E-state index contributed by atoms with van der Waals surface area (Å²) in [6.45, 7) is 14.7. The van der Waals surface area contributed by atoms with Gasteiger partial charge in [0, 0.05) is 31.2 Å². The van der Waals surface area contributed by atoms with Crippen molar-refractivity contribution in [3.63, 3.8) is 0 Å². The Bertz CT molecular complexity index is 443. The Morgan fingerprint density at radius 1 is 1.04 bits per heavy atom. The van der Waals surface area contributed by atoms with Crippen molar-refractivity contribution in [2.45, 2.75) is 70.9 Å². The van der Waals surface area contributed by atoms with Crippen LogP contribution in [-0.4, -0.2) is 73.2 Å². The van der Waals surface area contributed by atoms with E-state index >= 15 is 0 Å². The second-order valence-corrected chi connectivity index (χ2v) is 8.82. The molecule has 0 spiro atoms. The van der Waals surface area contributed by atoms with E-state index < -0.39 is 0 Å². The molecule has 0 bridgehead atoms. The standard InChI is InChI=1S/C20H39N5.HI/c1-4-21-19(22-14-17-10-13-24(15-17)18-8-9-18)23-16-20(2,3)25-11-6-5-7-12-25;/h17-18H,4-16H2,1-3H3,(H2,21,22,23);1H. The highest BCUT2D eigenvalue weighted by molar-refractivity contribution is 14.0. The minimum absolute atomic E-state index is 0. The summed E-state index contributed by atoms with van der Waals surface area (Å²) in [4.78, 5) is 10.2. The van der Waals surface area contributed by atoms with Crippen molar-refractivity contribution in [2.24, 2.45) is 10.9 Å². The van der Waals surface area contributed by atoms with Gasteiger partial charge in [0.25, 0.3) is 0 Å². The molecule has 0 amide bonds. The van der Waals surface area contributed by atoms with Crippen LogP contribution in [-0.2, 0) is 0 Å². The van der Waals surface area contributed by atoms with Crippen molar-refractivity contribution >= 4 is 29.9 Å². The van der Waals surface area contributed by atoms with Gasteiger partial charge in [0.1, 0.15) is 0 Å². The molecular formula is C20H40IN5. The van der Waals surface area contributed by atoms with Gasteiger partial charge in [-0.25, -0.2) is 0 Å². The third kappa shape index (κ3) is 6.51. The fourth-order valence-electron chi connectivity index (χ4n) is 4.26. The Morgan fingerprint density at radius 2 is 1.77 bits per heavy atom. The molecule has 0 aromatic heterocycles. The van der Waals surface area contributed by atoms with Gasteiger partial charge in [0.2, 0.25) is 0 Å². The number of nitrogens with zero attached hydrogens (tertiary/aromatic N) is 3. The highest BCUT2D eigenvalue weighted by Gasteiger charge is 2.34. The van der Waals surface area contributed by atoms with Crippen molar-refractivity contribution in [1.29, 1.82) is 0 Å². The number of piperidine rings is 1. The third-order valence-electron chi connectivity index (χ3n) is 6.12. The number of rotatable bonds is 7. The maximum atomic E-state index is 4.93. The number of nitrogens with one attached hydrogen (secondary N) is 2. The van der Waals surface area contributed by atoms with E-state index in [1.165, 1.54) is 64.7 Å². The lowest BCUT2D eigenvalue weighted by molar-refractivity contribution is 0.102. The van der Waals surface area contributed by atoms with Gasteiger partial charge in [-0.3, -0.25) is 9.89 Å². The molecule has 1 saturated carbocycles. The lowest BCUT2D eigenvalue weighted by atomic mass is 9.99. The summed E-state index contributed by atoms with van der Waals surface area (Å²) in [5.41, 5.74) is 0.152. The monoisotopic (exact) mass is 477 g/mol. The average Bonchev–Trinajstić information content (AvgIpc) is 3.37. The largest absolute Gasteiger partial charge is 0.357 e. The summed E-state index contributed by atoms with van der Waals surface area (Å²) in [5, 5.41) is 7.05. The van der Waals surface area contributed by atoms with Gasteiger partial charge in [0.05, 0.1) is 6.54 Å². The first kappa shape index (κ1) is 22.2. The molecule has 2 N–H and O–H groups in total. The maximum Gasteiger partial charge on any atom is 0.191 e. The van der Waals surface area contributed by atoms with Crippen molar-refractivity contribution in [3.05, 3.63) is 0 Å². The minimum atomic E-state index is 0. The molecule has 3 rings (SSSR count). The number of hydrogen-bond donors (Lipinski definition) is 2. The minimum Gasteiger partial charge on any atom is -0.357 e. The number of aliphatic imine (C=N–C) groups is 1. The van der Waals surface area contributed by atoms with Crippen LogP contribution in [0.25, 0.3) is 0 Å². The van der Waals surface area contributed by atoms with E-state index in [0.717, 1.165) is 37.6 Å². The Morgan fingerprint density at radius 3 is 2.42 bits per heavy atom. The van der Waals surface area contributed by atoms with Crippen molar-refractivity contribution in [3.8, 4) is 0 Å². The Balaban J connectivity index is 0.00000243. The summed E-state index contributed by atoms with van der Waals surface area (Å²) >= 11 is 0. The summed E-state index contributed by atoms with van der Waals surface area (Å²) in [6.07, 6.45) is 8.25. The van der Waals surface area contributed by atoms with Gasteiger partial charge in [-0.05, 0) is 78.4 Å². The summed E-state index contributed by atoms with van der Waals surface area (Å²) in [6, 6.07) is 0.914. The summed E-state index contributed by atoms with van der Waals surface area (Å²) in [7, 11) is 0. The van der Waals surface area contributed by atoms with E-state index in [-0.39, 0.29) is 29.5 Å². The number of hydrogen-bond acceptors (Lipinski definition) is 3. The molecule has 6 heteroatoms. The molecule has 0 aromatic carbocycles. The summed E-state index contributed by atoms with van der Waals surface area (Å²) < 4.78 is 0. The predicted molar refractivity (Wildman–Crippen MR) is 122 cm³/mol. The van der Waals surface area contributed by atoms with Crippen LogP contribution < -0.4 is 10.6 Å². The zero-order valence-electron chi connectivity index (χ0n) is 17.1. The van der Waals surface area contributed by atoms with Gasteiger partial charge in [0.15, 0.2) is 5.96 Å². The first-order chi connectivity index (χ1) is 12.1. The molecule has 3 fully saturated rings. The lowest BCUT2D eigenvalue weighted by Crippen LogP contribution is -2.49. The molecule has 2 saturated heterocycles. The Kier molecular flexibility index (Phi) is 8.94. The second kappa shape index (κ2) is 10.5. The van der Waals surface area contributed by atoms with E-state index in [2.05, 4.69) is 41.2 Å². The first-order valence-corrected chi connectivity index (χ1v) is 10.6. The molecule has 1 atom stereocenters. The van der Waals surface area contributed by atoms with Crippen LogP contribution in [0.4, 0.5) is 0 Å². The van der Waals surface area contributed by atoms with Crippen LogP contribution in [0.5, 0.6) is 0 Å². The fourth-order valence-corrected chi connectivity index (χ4v) is 4.26. The average molecular weight is 477 g/mol. The molecule has 1 unspecified atom stereocenters. The highest BCUT2D eigenvalue weighted by Crippen LogP contribution is 2.31. The van der Waals surface area contributed by atoms with E-state index in [1.807, 2.05) is 0 Å². The molecule has 2 heterocycles. The van der Waals surface area contributed by atoms with Crippen LogP contribution in [0.2, 0.25) is 0 Å². The molecule has 0 aromatic rings. The fraction of sp³-hybridized carbons (Fsp3) is 0.950. The molecule has 0 radical (unpaired) electrons. The molecule has 2 aliphatic heterocycles.